The summed E-state index contributed by atoms with van der Waals surface area (Å²) >= 11 is 8.44. The molecule has 0 radical (unpaired) electrons. The topological polar surface area (TPSA) is 146 Å². The van der Waals surface area contributed by atoms with E-state index in [1.807, 2.05) is 11.6 Å². The van der Waals surface area contributed by atoms with Gasteiger partial charge in [-0.1, -0.05) is 17.7 Å². The molecule has 2 atom stereocenters. The Bertz CT molecular complexity index is 1690. The number of halogens is 1. The summed E-state index contributed by atoms with van der Waals surface area (Å²) in [4.78, 5) is 33.3. The van der Waals surface area contributed by atoms with Crippen LogP contribution >= 0.6 is 34.3 Å². The van der Waals surface area contributed by atoms with E-state index < -0.39 is 37.9 Å². The van der Waals surface area contributed by atoms with Crippen molar-refractivity contribution in [2.75, 3.05) is 25.4 Å². The Morgan fingerprint density at radius 1 is 1.18 bits per heavy atom. The number of fused-ring (bicyclic) bond motifs is 2. The number of thiophene rings is 1. The van der Waals surface area contributed by atoms with Crippen LogP contribution in [0.3, 0.4) is 0 Å². The third-order valence-electron chi connectivity index (χ3n) is 6.90. The summed E-state index contributed by atoms with van der Waals surface area (Å²) in [6.45, 7) is 3.90. The number of benzene rings is 1. The summed E-state index contributed by atoms with van der Waals surface area (Å²) in [6.07, 6.45) is 0.301. The van der Waals surface area contributed by atoms with E-state index in [0.717, 1.165) is 32.0 Å². The first-order valence-corrected chi connectivity index (χ1v) is 17.7. The highest BCUT2D eigenvalue weighted by atomic mass is 35.5. The van der Waals surface area contributed by atoms with E-state index in [4.69, 9.17) is 11.6 Å². The van der Waals surface area contributed by atoms with E-state index in [2.05, 4.69) is 10.3 Å². The molecule has 0 aliphatic carbocycles. The molecule has 216 valence electrons. The fourth-order valence-electron chi connectivity index (χ4n) is 4.75. The number of nitrogens with one attached hydrogen (secondary N) is 2. The first-order valence-electron chi connectivity index (χ1n) is 12.6. The van der Waals surface area contributed by atoms with E-state index in [9.17, 15) is 26.4 Å². The Balaban J connectivity index is 1.42. The Morgan fingerprint density at radius 3 is 2.70 bits per heavy atom. The number of aromatic nitrogens is 1. The van der Waals surface area contributed by atoms with Gasteiger partial charge in [-0.3, -0.25) is 14.3 Å². The number of carbonyl (C=O) groups excluding carboxylic acids is 2. The van der Waals surface area contributed by atoms with Gasteiger partial charge in [0.2, 0.25) is 15.9 Å². The molecule has 2 unspecified atom stereocenters. The Kier molecular flexibility index (Phi) is 8.27. The lowest BCUT2D eigenvalue weighted by Crippen LogP contribution is -2.57. The molecule has 2 aromatic heterocycles. The number of hydrogen-bond acceptors (Lipinski definition) is 10. The van der Waals surface area contributed by atoms with Crippen LogP contribution in [0.4, 0.5) is 0 Å². The van der Waals surface area contributed by atoms with Crippen LogP contribution in [-0.4, -0.2) is 80.3 Å². The van der Waals surface area contributed by atoms with Crippen molar-refractivity contribution in [2.24, 2.45) is 0 Å². The third-order valence-corrected chi connectivity index (χ3v) is 12.9. The maximum Gasteiger partial charge on any atom is 0.283 e. The first kappa shape index (κ1) is 29.4. The van der Waals surface area contributed by atoms with Crippen molar-refractivity contribution in [1.29, 1.82) is 0 Å². The average molecular weight is 646 g/mol. The molecular weight excluding hydrogens is 618 g/mol. The maximum atomic E-state index is 13.6. The fraction of sp³-hybridized carbons (Fsp3) is 0.458. The van der Waals surface area contributed by atoms with Crippen LogP contribution in [-0.2, 0) is 37.8 Å². The van der Waals surface area contributed by atoms with E-state index in [0.29, 0.717) is 18.0 Å². The minimum atomic E-state index is -3.97. The number of hydrogen-bond donors (Lipinski definition) is 2. The number of rotatable bonds is 7. The summed E-state index contributed by atoms with van der Waals surface area (Å²) in [7, 11) is -7.80. The molecule has 2 aliphatic heterocycles. The van der Waals surface area contributed by atoms with Gasteiger partial charge in [0.15, 0.2) is 5.01 Å². The van der Waals surface area contributed by atoms with Gasteiger partial charge < -0.3 is 10.2 Å². The van der Waals surface area contributed by atoms with Crippen LogP contribution in [0, 0.1) is 0 Å². The van der Waals surface area contributed by atoms with Crippen LogP contribution in [0.5, 0.6) is 0 Å². The van der Waals surface area contributed by atoms with Gasteiger partial charge in [-0.15, -0.1) is 22.7 Å². The second kappa shape index (κ2) is 11.3. The average Bonchev–Trinajstić information content (AvgIpc) is 3.52. The minimum Gasteiger partial charge on any atom is -0.330 e. The van der Waals surface area contributed by atoms with Crippen molar-refractivity contribution in [3.05, 3.63) is 44.9 Å². The summed E-state index contributed by atoms with van der Waals surface area (Å²) < 4.78 is 55.4. The van der Waals surface area contributed by atoms with E-state index >= 15 is 0 Å². The van der Waals surface area contributed by atoms with Gasteiger partial charge in [-0.25, -0.2) is 21.8 Å². The highest BCUT2D eigenvalue weighted by molar-refractivity contribution is 7.91. The Hall–Kier alpha value is -2.14. The van der Waals surface area contributed by atoms with Gasteiger partial charge in [0.25, 0.3) is 15.9 Å². The lowest BCUT2D eigenvalue weighted by molar-refractivity contribution is -0.120. The predicted molar refractivity (Wildman–Crippen MR) is 155 cm³/mol. The number of carbonyl (C=O) groups is 2. The van der Waals surface area contributed by atoms with Crippen LogP contribution in [0.25, 0.3) is 10.1 Å². The molecule has 1 fully saturated rings. The van der Waals surface area contributed by atoms with Gasteiger partial charge in [-0.05, 0) is 37.4 Å². The standard InChI is InChI=1S/C24H28ClN5O6S4/c1-3-39(33,34)28-21(31)11-17-13-29(40(35,36)22-9-15-4-5-16(25)10-19(15)37-22)6-7-30(17)24(32)23-27-18-8-14(2)26-12-20(18)38-23/h4-5,9-10,14,17,26H,3,6-8,11-13H2,1-2H3,(H,28,31). The molecule has 1 aromatic carbocycles. The maximum absolute atomic E-state index is 13.6. The molecule has 2 amide bonds. The zero-order chi connectivity index (χ0) is 28.8. The van der Waals surface area contributed by atoms with Crippen LogP contribution in [0.15, 0.2) is 28.5 Å². The van der Waals surface area contributed by atoms with Crippen molar-refractivity contribution in [3.8, 4) is 0 Å². The highest BCUT2D eigenvalue weighted by Crippen LogP contribution is 2.34. The van der Waals surface area contributed by atoms with Crippen molar-refractivity contribution in [2.45, 2.75) is 49.5 Å². The van der Waals surface area contributed by atoms with Crippen molar-refractivity contribution in [3.63, 3.8) is 0 Å². The second-order valence-electron chi connectivity index (χ2n) is 9.77. The van der Waals surface area contributed by atoms with Gasteiger partial charge in [0, 0.05) is 59.7 Å². The molecule has 3 aromatic rings. The summed E-state index contributed by atoms with van der Waals surface area (Å²) in [5.74, 6) is -1.51. The number of nitrogens with zero attached hydrogens (tertiary/aromatic N) is 3. The van der Waals surface area contributed by atoms with Crippen molar-refractivity contribution in [1.82, 2.24) is 24.2 Å². The fourth-order valence-corrected chi connectivity index (χ4v) is 9.62. The Morgan fingerprint density at radius 2 is 1.95 bits per heavy atom. The number of amides is 2. The molecule has 0 bridgehead atoms. The molecule has 0 spiro atoms. The number of piperazine rings is 1. The Labute approximate surface area is 245 Å². The van der Waals surface area contributed by atoms with E-state index in [1.165, 1.54) is 27.5 Å². The third kappa shape index (κ3) is 6.05. The van der Waals surface area contributed by atoms with Crippen LogP contribution in [0.1, 0.15) is 40.6 Å². The number of sulfonamides is 2. The smallest absolute Gasteiger partial charge is 0.283 e. The van der Waals surface area contributed by atoms with Gasteiger partial charge in [-0.2, -0.15) is 4.31 Å². The molecular formula is C24H28ClN5O6S4. The summed E-state index contributed by atoms with van der Waals surface area (Å²) in [5, 5.41) is 4.84. The second-order valence-corrected chi connectivity index (χ2v) is 16.6. The summed E-state index contributed by atoms with van der Waals surface area (Å²) in [5.41, 5.74) is 0.856. The quantitative estimate of drug-likeness (QED) is 0.398. The zero-order valence-corrected chi connectivity index (χ0v) is 25.7. The van der Waals surface area contributed by atoms with Crippen LogP contribution < -0.4 is 10.0 Å². The van der Waals surface area contributed by atoms with Crippen molar-refractivity contribution < 1.29 is 26.4 Å². The SMILES string of the molecule is CCS(=O)(=O)NC(=O)CC1CN(S(=O)(=O)c2cc3ccc(Cl)cc3s2)CCN1C(=O)c1nc2c(s1)CNC(C)C2. The molecule has 0 saturated carbocycles. The molecule has 11 nitrogen and oxygen atoms in total. The van der Waals surface area contributed by atoms with E-state index in [-0.39, 0.29) is 47.1 Å². The molecule has 5 rings (SSSR count). The monoisotopic (exact) mass is 645 g/mol. The molecule has 2 N–H and O–H groups in total. The molecule has 2 aliphatic rings. The molecule has 1 saturated heterocycles. The van der Waals surface area contributed by atoms with Gasteiger partial charge >= 0.3 is 0 Å². The first-order chi connectivity index (χ1) is 18.9. The molecule has 40 heavy (non-hydrogen) atoms. The molecule has 4 heterocycles. The lowest BCUT2D eigenvalue weighted by atomic mass is 10.1. The largest absolute Gasteiger partial charge is 0.330 e. The zero-order valence-electron chi connectivity index (χ0n) is 21.7. The lowest BCUT2D eigenvalue weighted by Gasteiger charge is -2.40. The van der Waals surface area contributed by atoms with Crippen LogP contribution in [0.2, 0.25) is 5.02 Å². The van der Waals surface area contributed by atoms with Gasteiger partial charge in [0.1, 0.15) is 4.21 Å². The number of thiazole rings is 1. The van der Waals surface area contributed by atoms with Gasteiger partial charge in [0.05, 0.1) is 17.5 Å². The minimum absolute atomic E-state index is 0.0120. The predicted octanol–water partition coefficient (Wildman–Crippen LogP) is 2.42. The summed E-state index contributed by atoms with van der Waals surface area (Å²) in [6, 6.07) is 6.03. The highest BCUT2D eigenvalue weighted by Gasteiger charge is 2.39. The molecule has 16 heteroatoms. The normalized spacial score (nSPS) is 20.4. The van der Waals surface area contributed by atoms with Crippen molar-refractivity contribution >= 4 is 76.2 Å². The van der Waals surface area contributed by atoms with E-state index in [1.54, 1.807) is 24.3 Å².